The molecule has 4 aromatic rings. The number of halogens is 1. The summed E-state index contributed by atoms with van der Waals surface area (Å²) in [6.07, 6.45) is 2.10. The zero-order valence-electron chi connectivity index (χ0n) is 30.4. The first-order chi connectivity index (χ1) is 26.8. The molecule has 0 spiro atoms. The van der Waals surface area contributed by atoms with Crippen LogP contribution in [0.5, 0.6) is 0 Å². The number of unbranched alkanes of at least 4 members (excludes halogenated alkanes) is 1. The molecule has 14 heteroatoms. The molecule has 6 rings (SSSR count). The van der Waals surface area contributed by atoms with Crippen molar-refractivity contribution < 1.29 is 33.1 Å². The zero-order chi connectivity index (χ0) is 38.6. The largest absolute Gasteiger partial charge is 0.445 e. The lowest BCUT2D eigenvalue weighted by molar-refractivity contribution is -0.140. The number of aromatic nitrogens is 1. The van der Waals surface area contributed by atoms with E-state index in [1.165, 1.54) is 4.90 Å². The molecule has 3 amide bonds. The Balaban J connectivity index is 1.22. The number of amides is 3. The normalized spacial score (nSPS) is 19.1. The molecule has 12 nitrogen and oxygen atoms in total. The first kappa shape index (κ1) is 40.2. The fourth-order valence-corrected chi connectivity index (χ4v) is 8.51. The van der Waals surface area contributed by atoms with Gasteiger partial charge in [-0.15, -0.1) is 11.8 Å². The maximum Gasteiger partial charge on any atom is 0.408 e. The summed E-state index contributed by atoms with van der Waals surface area (Å²) in [5, 5.41) is 7.98. The van der Waals surface area contributed by atoms with Crippen molar-refractivity contribution in [3.63, 3.8) is 0 Å². The summed E-state index contributed by atoms with van der Waals surface area (Å²) in [4.78, 5) is 61.8. The SMILES string of the molecule is NCCCC[C@H](NC(=O)[C@@H]1C[C@@H](OCC2CC(Br)=CS2)CN1C(=O)[C@@H](CCc1ccccc1)NC(=O)OCc1ccccc1)C(=O)c1nc2ccccc2o1. The number of alkyl carbamates (subject to hydrolysis) is 1. The van der Waals surface area contributed by atoms with Crippen molar-refractivity contribution in [2.24, 2.45) is 5.73 Å². The van der Waals surface area contributed by atoms with Crippen LogP contribution in [-0.2, 0) is 32.1 Å². The van der Waals surface area contributed by atoms with Crippen LogP contribution in [0, 0.1) is 0 Å². The van der Waals surface area contributed by atoms with E-state index < -0.39 is 47.9 Å². The Morgan fingerprint density at radius 1 is 0.927 bits per heavy atom. The van der Waals surface area contributed by atoms with Gasteiger partial charge in [-0.1, -0.05) is 88.7 Å². The summed E-state index contributed by atoms with van der Waals surface area (Å²) in [6.45, 7) is 1.01. The molecule has 0 bridgehead atoms. The number of carbonyl (C=O) groups is 4. The number of oxazole rings is 1. The standard InChI is InChI=1S/C41H46BrN5O7S/c42-29-21-31(55-26-29)25-52-30-22-35(38(49)44-33(16-9-10-20-43)37(48)39-45-32-15-7-8-17-36(32)54-39)47(23-30)40(50)34(19-18-27-11-3-1-4-12-27)46-41(51)53-24-28-13-5-2-6-14-28/h1-8,11-15,17,26,30-31,33-35H,9-10,16,18-25,43H2,(H,44,49)(H,46,51)/t30-,31?,33+,34-,35+/m1/s1. The smallest absolute Gasteiger partial charge is 0.408 e. The molecule has 3 aromatic carbocycles. The number of ketones is 1. The van der Waals surface area contributed by atoms with Gasteiger partial charge in [-0.2, -0.15) is 0 Å². The number of carbonyl (C=O) groups excluding carboxylic acids is 4. The van der Waals surface area contributed by atoms with Gasteiger partial charge >= 0.3 is 6.09 Å². The van der Waals surface area contributed by atoms with E-state index in [0.29, 0.717) is 49.9 Å². The highest BCUT2D eigenvalue weighted by Gasteiger charge is 2.44. The van der Waals surface area contributed by atoms with Crippen LogP contribution in [0.25, 0.3) is 11.1 Å². The van der Waals surface area contributed by atoms with Crippen molar-refractivity contribution in [1.82, 2.24) is 20.5 Å². The molecule has 3 heterocycles. The van der Waals surface area contributed by atoms with Crippen molar-refractivity contribution >= 4 is 62.5 Å². The van der Waals surface area contributed by atoms with Gasteiger partial charge in [-0.25, -0.2) is 9.78 Å². The Kier molecular flexibility index (Phi) is 14.5. The maximum atomic E-state index is 14.6. The van der Waals surface area contributed by atoms with Gasteiger partial charge in [-0.3, -0.25) is 14.4 Å². The summed E-state index contributed by atoms with van der Waals surface area (Å²) < 4.78 is 18.7. The Morgan fingerprint density at radius 2 is 1.65 bits per heavy atom. The molecule has 1 unspecified atom stereocenters. The third-order valence-corrected chi connectivity index (χ3v) is 11.6. The van der Waals surface area contributed by atoms with Crippen LogP contribution < -0.4 is 16.4 Å². The second-order valence-corrected chi connectivity index (χ2v) is 15.9. The molecule has 0 radical (unpaired) electrons. The van der Waals surface area contributed by atoms with Crippen molar-refractivity contribution in [2.45, 2.75) is 81.0 Å². The molecule has 1 fully saturated rings. The van der Waals surface area contributed by atoms with Gasteiger partial charge in [0, 0.05) is 22.7 Å². The topological polar surface area (TPSA) is 166 Å². The molecule has 1 saturated heterocycles. The predicted molar refractivity (Wildman–Crippen MR) is 214 cm³/mol. The highest BCUT2D eigenvalue weighted by Crippen LogP contribution is 2.34. The molecule has 0 saturated carbocycles. The number of aryl methyl sites for hydroxylation is 1. The highest BCUT2D eigenvalue weighted by molar-refractivity contribution is 9.11. The number of nitrogens with one attached hydrogen (secondary N) is 2. The van der Waals surface area contributed by atoms with Crippen LogP contribution in [0.15, 0.2) is 99.2 Å². The van der Waals surface area contributed by atoms with Crippen LogP contribution in [0.1, 0.15) is 60.3 Å². The minimum Gasteiger partial charge on any atom is -0.445 e. The van der Waals surface area contributed by atoms with Crippen LogP contribution in [0.2, 0.25) is 0 Å². The Morgan fingerprint density at radius 3 is 2.36 bits per heavy atom. The number of nitrogens with zero attached hydrogens (tertiary/aromatic N) is 2. The lowest BCUT2D eigenvalue weighted by atomic mass is 10.0. The first-order valence-corrected chi connectivity index (χ1v) is 20.3. The van der Waals surface area contributed by atoms with E-state index >= 15 is 0 Å². The number of para-hydroxylation sites is 2. The number of ether oxygens (including phenoxy) is 2. The van der Waals surface area contributed by atoms with Gasteiger partial charge in [0.2, 0.25) is 17.6 Å². The third kappa shape index (κ3) is 11.3. The lowest BCUT2D eigenvalue weighted by Crippen LogP contribution is -2.55. The first-order valence-electron chi connectivity index (χ1n) is 18.6. The fourth-order valence-electron chi connectivity index (χ4n) is 6.71. The maximum absolute atomic E-state index is 14.6. The van der Waals surface area contributed by atoms with Gasteiger partial charge < -0.3 is 35.2 Å². The number of hydrogen-bond donors (Lipinski definition) is 3. The number of nitrogens with two attached hydrogens (primary N) is 1. The molecule has 4 N–H and O–H groups in total. The summed E-state index contributed by atoms with van der Waals surface area (Å²) in [5.74, 6) is -1.52. The molecule has 2 aliphatic heterocycles. The second-order valence-electron chi connectivity index (χ2n) is 13.7. The van der Waals surface area contributed by atoms with E-state index in [-0.39, 0.29) is 37.1 Å². The van der Waals surface area contributed by atoms with Crippen molar-refractivity contribution in [3.8, 4) is 0 Å². The van der Waals surface area contributed by atoms with E-state index in [1.807, 2.05) is 66.1 Å². The van der Waals surface area contributed by atoms with Crippen molar-refractivity contribution in [2.75, 3.05) is 19.7 Å². The third-order valence-electron chi connectivity index (χ3n) is 9.63. The summed E-state index contributed by atoms with van der Waals surface area (Å²) in [7, 11) is 0. The number of likely N-dealkylation sites (tertiary alicyclic amines) is 1. The number of benzene rings is 3. The van der Waals surface area contributed by atoms with E-state index in [0.717, 1.165) is 22.0 Å². The number of thioether (sulfide) groups is 1. The Bertz CT molecular complexity index is 1910. The van der Waals surface area contributed by atoms with Gasteiger partial charge in [0.1, 0.15) is 24.2 Å². The zero-order valence-corrected chi connectivity index (χ0v) is 32.8. The van der Waals surface area contributed by atoms with E-state index in [2.05, 4.69) is 31.5 Å². The minimum atomic E-state index is -1.01. The Hall–Kier alpha value is -4.50. The fraction of sp³-hybridized carbons (Fsp3) is 0.390. The lowest BCUT2D eigenvalue weighted by Gasteiger charge is -2.29. The summed E-state index contributed by atoms with van der Waals surface area (Å²) in [5.41, 5.74) is 8.55. The molecular formula is C41H46BrN5O7S. The number of Topliss-reactive ketones (excluding diaryl/α,β-unsaturated/α-hetero) is 1. The van der Waals surface area contributed by atoms with Crippen LogP contribution in [0.4, 0.5) is 4.79 Å². The van der Waals surface area contributed by atoms with E-state index in [1.54, 1.807) is 36.0 Å². The number of allylic oxidation sites excluding steroid dienone is 1. The number of rotatable bonds is 18. The predicted octanol–water partition coefficient (Wildman–Crippen LogP) is 6.28. The average Bonchev–Trinajstić information content (AvgIpc) is 3.96. The average molecular weight is 833 g/mol. The highest BCUT2D eigenvalue weighted by atomic mass is 79.9. The summed E-state index contributed by atoms with van der Waals surface area (Å²) in [6, 6.07) is 23.0. The van der Waals surface area contributed by atoms with Crippen molar-refractivity contribution in [3.05, 3.63) is 112 Å². The number of hydrogen-bond acceptors (Lipinski definition) is 10. The summed E-state index contributed by atoms with van der Waals surface area (Å²) >= 11 is 5.22. The van der Waals surface area contributed by atoms with E-state index in [9.17, 15) is 19.2 Å². The second kappa shape index (κ2) is 19.9. The monoisotopic (exact) mass is 831 g/mol. The molecular weight excluding hydrogens is 786 g/mol. The molecule has 55 heavy (non-hydrogen) atoms. The van der Waals surface area contributed by atoms with Crippen molar-refractivity contribution in [1.29, 1.82) is 0 Å². The quantitative estimate of drug-likeness (QED) is 0.0768. The minimum absolute atomic E-state index is 0.0285. The Labute approximate surface area is 333 Å². The van der Waals surface area contributed by atoms with Gasteiger partial charge in [0.15, 0.2) is 5.58 Å². The van der Waals surface area contributed by atoms with Crippen LogP contribution in [0.3, 0.4) is 0 Å². The molecule has 1 aromatic heterocycles. The molecule has 290 valence electrons. The van der Waals surface area contributed by atoms with Gasteiger partial charge in [0.25, 0.3) is 5.89 Å². The van der Waals surface area contributed by atoms with Crippen LogP contribution in [-0.4, -0.2) is 82.8 Å². The van der Waals surface area contributed by atoms with E-state index in [4.69, 9.17) is 19.6 Å². The van der Waals surface area contributed by atoms with Gasteiger partial charge in [0.05, 0.1) is 18.8 Å². The number of fused-ring (bicyclic) bond motifs is 1. The van der Waals surface area contributed by atoms with Gasteiger partial charge in [-0.05, 0) is 73.7 Å². The molecule has 2 aliphatic rings. The molecule has 5 atom stereocenters. The van der Waals surface area contributed by atoms with Crippen LogP contribution >= 0.6 is 27.7 Å². The molecule has 0 aliphatic carbocycles.